The lowest BCUT2D eigenvalue weighted by atomic mass is 10.2. The average molecular weight is 158 g/mol. The summed E-state index contributed by atoms with van der Waals surface area (Å²) < 4.78 is 0. The molecule has 11 heavy (non-hydrogen) atoms. The van der Waals surface area contributed by atoms with Crippen molar-refractivity contribution >= 4 is 5.97 Å². The highest BCUT2D eigenvalue weighted by atomic mass is 16.4. The van der Waals surface area contributed by atoms with Crippen LogP contribution in [0.4, 0.5) is 0 Å². The molecule has 0 radical (unpaired) electrons. The van der Waals surface area contributed by atoms with Gasteiger partial charge in [-0.2, -0.15) is 0 Å². The second kappa shape index (κ2) is 3.19. The Labute approximate surface area is 66.4 Å². The number of carboxylic acids is 1. The normalized spacial score (nSPS) is 26.3. The van der Waals surface area contributed by atoms with Gasteiger partial charge in [-0.15, -0.1) is 0 Å². The van der Waals surface area contributed by atoms with Gasteiger partial charge in [0.25, 0.3) is 0 Å². The molecule has 0 aromatic heterocycles. The molecular formula is C7H14N2O2. The van der Waals surface area contributed by atoms with Gasteiger partial charge >= 0.3 is 5.97 Å². The lowest BCUT2D eigenvalue weighted by Gasteiger charge is -2.27. The average Bonchev–Trinajstić information content (AvgIpc) is 2.32. The fraction of sp³-hybridized carbons (Fsp3) is 0.857. The van der Waals surface area contributed by atoms with E-state index >= 15 is 0 Å². The molecule has 1 heterocycles. The van der Waals surface area contributed by atoms with E-state index in [2.05, 4.69) is 0 Å². The van der Waals surface area contributed by atoms with E-state index in [-0.39, 0.29) is 6.04 Å². The predicted molar refractivity (Wildman–Crippen MR) is 41.1 cm³/mol. The van der Waals surface area contributed by atoms with E-state index in [1.165, 1.54) is 0 Å². The van der Waals surface area contributed by atoms with Crippen LogP contribution in [0.15, 0.2) is 0 Å². The topological polar surface area (TPSA) is 43.8 Å². The van der Waals surface area contributed by atoms with Gasteiger partial charge in [0.1, 0.15) is 6.04 Å². The van der Waals surface area contributed by atoms with Gasteiger partial charge in [0.2, 0.25) is 0 Å². The molecule has 4 heteroatoms. The van der Waals surface area contributed by atoms with Crippen LogP contribution in [0, 0.1) is 0 Å². The lowest BCUT2D eigenvalue weighted by molar-refractivity contribution is -0.147. The first-order valence-electron chi connectivity index (χ1n) is 3.79. The van der Waals surface area contributed by atoms with Gasteiger partial charge in [-0.1, -0.05) is 0 Å². The van der Waals surface area contributed by atoms with Crippen molar-refractivity contribution < 1.29 is 9.90 Å². The van der Waals surface area contributed by atoms with Gasteiger partial charge in [-0.3, -0.25) is 4.79 Å². The highest BCUT2D eigenvalue weighted by Crippen LogP contribution is 2.17. The highest BCUT2D eigenvalue weighted by molar-refractivity contribution is 5.73. The first-order valence-corrected chi connectivity index (χ1v) is 3.79. The van der Waals surface area contributed by atoms with Crippen LogP contribution in [0.5, 0.6) is 0 Å². The highest BCUT2D eigenvalue weighted by Gasteiger charge is 2.31. The number of carboxylic acid groups (broad SMARTS) is 1. The summed E-state index contributed by atoms with van der Waals surface area (Å²) >= 11 is 0. The molecule has 0 aromatic rings. The summed E-state index contributed by atoms with van der Waals surface area (Å²) in [4.78, 5) is 10.6. The molecule has 0 aromatic carbocycles. The number of hydrogen-bond donors (Lipinski definition) is 1. The van der Waals surface area contributed by atoms with E-state index in [0.717, 1.165) is 19.4 Å². The molecule has 1 unspecified atom stereocenters. The molecule has 0 amide bonds. The molecule has 0 aliphatic carbocycles. The summed E-state index contributed by atoms with van der Waals surface area (Å²) in [5.74, 6) is -0.712. The Hall–Kier alpha value is -0.610. The first kappa shape index (κ1) is 8.49. The van der Waals surface area contributed by atoms with E-state index in [0.29, 0.717) is 0 Å². The molecule has 1 aliphatic heterocycles. The van der Waals surface area contributed by atoms with Crippen LogP contribution in [0.1, 0.15) is 12.8 Å². The number of hydrazine groups is 1. The van der Waals surface area contributed by atoms with Crippen LogP contribution in [-0.2, 0) is 4.79 Å². The zero-order chi connectivity index (χ0) is 8.43. The Morgan fingerprint density at radius 1 is 1.64 bits per heavy atom. The second-order valence-electron chi connectivity index (χ2n) is 3.01. The fourth-order valence-corrected chi connectivity index (χ4v) is 1.48. The van der Waals surface area contributed by atoms with E-state index < -0.39 is 5.97 Å². The largest absolute Gasteiger partial charge is 0.480 e. The van der Waals surface area contributed by atoms with Crippen molar-refractivity contribution in [1.29, 1.82) is 0 Å². The zero-order valence-electron chi connectivity index (χ0n) is 6.95. The predicted octanol–water partition coefficient (Wildman–Crippen LogP) is 0.0120. The maximum atomic E-state index is 10.6. The van der Waals surface area contributed by atoms with Crippen molar-refractivity contribution in [3.05, 3.63) is 0 Å². The maximum Gasteiger partial charge on any atom is 0.322 e. The number of aliphatic carboxylic acids is 1. The third-order valence-electron chi connectivity index (χ3n) is 2.02. The summed E-state index contributed by atoms with van der Waals surface area (Å²) in [6, 6.07) is -0.301. The van der Waals surface area contributed by atoms with Crippen LogP contribution in [0.3, 0.4) is 0 Å². The SMILES string of the molecule is CN(C)N1CCCC1C(=O)O. The van der Waals surface area contributed by atoms with Crippen molar-refractivity contribution in [3.8, 4) is 0 Å². The lowest BCUT2D eigenvalue weighted by Crippen LogP contribution is -2.44. The van der Waals surface area contributed by atoms with Gasteiger partial charge in [0, 0.05) is 20.6 Å². The Kier molecular flexibility index (Phi) is 2.46. The smallest absolute Gasteiger partial charge is 0.322 e. The Balaban J connectivity index is 2.58. The van der Waals surface area contributed by atoms with Gasteiger partial charge < -0.3 is 5.11 Å². The molecular weight excluding hydrogens is 144 g/mol. The molecule has 0 spiro atoms. The first-order chi connectivity index (χ1) is 5.13. The Morgan fingerprint density at radius 3 is 2.64 bits per heavy atom. The van der Waals surface area contributed by atoms with E-state index in [9.17, 15) is 4.79 Å². The minimum Gasteiger partial charge on any atom is -0.480 e. The quantitative estimate of drug-likeness (QED) is 0.615. The number of rotatable bonds is 2. The summed E-state index contributed by atoms with van der Waals surface area (Å²) in [6.45, 7) is 0.865. The molecule has 1 atom stereocenters. The Morgan fingerprint density at radius 2 is 2.27 bits per heavy atom. The van der Waals surface area contributed by atoms with E-state index in [1.807, 2.05) is 24.1 Å². The number of nitrogens with zero attached hydrogens (tertiary/aromatic N) is 2. The summed E-state index contributed by atoms with van der Waals surface area (Å²) in [5, 5.41) is 12.5. The molecule has 1 rings (SSSR count). The van der Waals surface area contributed by atoms with Gasteiger partial charge in [-0.05, 0) is 12.8 Å². The van der Waals surface area contributed by atoms with Crippen molar-refractivity contribution in [1.82, 2.24) is 10.0 Å². The fourth-order valence-electron chi connectivity index (χ4n) is 1.48. The monoisotopic (exact) mass is 158 g/mol. The zero-order valence-corrected chi connectivity index (χ0v) is 6.95. The molecule has 1 aliphatic rings. The molecule has 1 fully saturated rings. The third kappa shape index (κ3) is 1.70. The van der Waals surface area contributed by atoms with Crippen LogP contribution in [0.25, 0.3) is 0 Å². The Bertz CT molecular complexity index is 159. The molecule has 4 nitrogen and oxygen atoms in total. The number of carbonyl (C=O) groups is 1. The molecule has 0 bridgehead atoms. The van der Waals surface area contributed by atoms with Crippen LogP contribution in [0.2, 0.25) is 0 Å². The van der Waals surface area contributed by atoms with Crippen molar-refractivity contribution in [3.63, 3.8) is 0 Å². The molecule has 0 saturated carbocycles. The van der Waals surface area contributed by atoms with E-state index in [4.69, 9.17) is 5.11 Å². The van der Waals surface area contributed by atoms with Crippen molar-refractivity contribution in [2.75, 3.05) is 20.6 Å². The summed E-state index contributed by atoms with van der Waals surface area (Å²) in [5.41, 5.74) is 0. The summed E-state index contributed by atoms with van der Waals surface area (Å²) in [7, 11) is 3.75. The van der Waals surface area contributed by atoms with Crippen LogP contribution in [-0.4, -0.2) is 47.8 Å². The van der Waals surface area contributed by atoms with E-state index in [1.54, 1.807) is 0 Å². The van der Waals surface area contributed by atoms with Crippen LogP contribution >= 0.6 is 0 Å². The molecule has 1 saturated heterocycles. The minimum atomic E-state index is -0.712. The van der Waals surface area contributed by atoms with Crippen LogP contribution < -0.4 is 0 Å². The molecule has 64 valence electrons. The van der Waals surface area contributed by atoms with Gasteiger partial charge in [0.15, 0.2) is 0 Å². The number of hydrogen-bond acceptors (Lipinski definition) is 3. The van der Waals surface area contributed by atoms with Gasteiger partial charge in [-0.25, -0.2) is 10.0 Å². The van der Waals surface area contributed by atoms with Crippen molar-refractivity contribution in [2.45, 2.75) is 18.9 Å². The maximum absolute atomic E-state index is 10.6. The third-order valence-corrected chi connectivity index (χ3v) is 2.02. The standard InChI is InChI=1S/C7H14N2O2/c1-8(2)9-5-3-4-6(9)7(10)11/h6H,3-5H2,1-2H3,(H,10,11). The molecule has 1 N–H and O–H groups in total. The second-order valence-corrected chi connectivity index (χ2v) is 3.01. The summed E-state index contributed by atoms with van der Waals surface area (Å²) in [6.07, 6.45) is 1.75. The minimum absolute atomic E-state index is 0.301. The van der Waals surface area contributed by atoms with Crippen molar-refractivity contribution in [2.24, 2.45) is 0 Å². The van der Waals surface area contributed by atoms with Gasteiger partial charge in [0.05, 0.1) is 0 Å².